The van der Waals surface area contributed by atoms with E-state index in [0.29, 0.717) is 12.2 Å². The Hall–Kier alpha value is -2.47. The molecule has 0 saturated carbocycles. The molecule has 1 N–H and O–H groups in total. The number of hydrogen-bond acceptors (Lipinski definition) is 1. The Bertz CT molecular complexity index is 622. The first kappa shape index (κ1) is 14.9. The van der Waals surface area contributed by atoms with E-state index in [-0.39, 0.29) is 11.9 Å². The predicted octanol–water partition coefficient (Wildman–Crippen LogP) is 3.07. The number of benzene rings is 1. The van der Waals surface area contributed by atoms with Crippen LogP contribution >= 0.6 is 0 Å². The SMILES string of the molecule is C#CC(CCC)NC(=O)c1cccn1Cc1ccccc1. The van der Waals surface area contributed by atoms with Gasteiger partial charge in [0, 0.05) is 12.7 Å². The van der Waals surface area contributed by atoms with Crippen LogP contribution in [-0.4, -0.2) is 16.5 Å². The Labute approximate surface area is 126 Å². The van der Waals surface area contributed by atoms with Crippen LogP contribution in [0.1, 0.15) is 35.8 Å². The number of hydrogen-bond donors (Lipinski definition) is 1. The molecule has 108 valence electrons. The largest absolute Gasteiger partial charge is 0.339 e. The van der Waals surface area contributed by atoms with Crippen LogP contribution in [-0.2, 0) is 6.54 Å². The summed E-state index contributed by atoms with van der Waals surface area (Å²) in [5.74, 6) is 2.51. The maximum atomic E-state index is 12.3. The zero-order chi connectivity index (χ0) is 15.1. The minimum atomic E-state index is -0.206. The van der Waals surface area contributed by atoms with Crippen LogP contribution in [0.15, 0.2) is 48.7 Å². The van der Waals surface area contributed by atoms with Crippen LogP contribution < -0.4 is 5.32 Å². The van der Waals surface area contributed by atoms with Gasteiger partial charge in [-0.1, -0.05) is 49.6 Å². The molecule has 1 aromatic carbocycles. The molecule has 2 rings (SSSR count). The summed E-state index contributed by atoms with van der Waals surface area (Å²) in [6, 6.07) is 13.5. The van der Waals surface area contributed by atoms with Gasteiger partial charge < -0.3 is 9.88 Å². The molecule has 1 aromatic heterocycles. The number of carbonyl (C=O) groups is 1. The van der Waals surface area contributed by atoms with Crippen molar-refractivity contribution in [3.8, 4) is 12.3 Å². The molecule has 1 heterocycles. The second kappa shape index (κ2) is 7.35. The van der Waals surface area contributed by atoms with Gasteiger partial charge in [-0.2, -0.15) is 0 Å². The maximum absolute atomic E-state index is 12.3. The van der Waals surface area contributed by atoms with Gasteiger partial charge in [-0.15, -0.1) is 6.42 Å². The molecule has 2 aromatic rings. The summed E-state index contributed by atoms with van der Waals surface area (Å²) in [7, 11) is 0. The van der Waals surface area contributed by atoms with Gasteiger partial charge in [-0.05, 0) is 24.1 Å². The lowest BCUT2D eigenvalue weighted by Gasteiger charge is -2.14. The minimum Gasteiger partial charge on any atom is -0.339 e. The van der Waals surface area contributed by atoms with E-state index in [0.717, 1.165) is 18.4 Å². The second-order valence-corrected chi connectivity index (χ2v) is 4.99. The van der Waals surface area contributed by atoms with Crippen molar-refractivity contribution < 1.29 is 4.79 Å². The number of carbonyl (C=O) groups excluding carboxylic acids is 1. The number of amides is 1. The number of terminal acetylenes is 1. The number of rotatable bonds is 6. The van der Waals surface area contributed by atoms with E-state index in [1.165, 1.54) is 0 Å². The van der Waals surface area contributed by atoms with Crippen molar-refractivity contribution in [2.45, 2.75) is 32.4 Å². The molecule has 3 nitrogen and oxygen atoms in total. The molecule has 3 heteroatoms. The van der Waals surface area contributed by atoms with Gasteiger partial charge in [0.2, 0.25) is 0 Å². The molecule has 1 amide bonds. The van der Waals surface area contributed by atoms with Crippen LogP contribution in [0.2, 0.25) is 0 Å². The lowest BCUT2D eigenvalue weighted by atomic mass is 10.1. The Kier molecular flexibility index (Phi) is 5.22. The molecule has 0 saturated heterocycles. The van der Waals surface area contributed by atoms with Gasteiger partial charge in [0.05, 0.1) is 6.04 Å². The highest BCUT2D eigenvalue weighted by Gasteiger charge is 2.14. The van der Waals surface area contributed by atoms with E-state index in [1.54, 1.807) is 0 Å². The number of nitrogens with zero attached hydrogens (tertiary/aromatic N) is 1. The highest BCUT2D eigenvalue weighted by molar-refractivity contribution is 5.93. The van der Waals surface area contributed by atoms with Crippen LogP contribution in [0.5, 0.6) is 0 Å². The van der Waals surface area contributed by atoms with E-state index >= 15 is 0 Å². The fourth-order valence-corrected chi connectivity index (χ4v) is 2.26. The van der Waals surface area contributed by atoms with Crippen LogP contribution in [0, 0.1) is 12.3 Å². The molecular formula is C18H20N2O. The molecular weight excluding hydrogens is 260 g/mol. The summed E-state index contributed by atoms with van der Waals surface area (Å²) in [6.07, 6.45) is 9.10. The summed E-state index contributed by atoms with van der Waals surface area (Å²) in [4.78, 5) is 12.3. The first-order chi connectivity index (χ1) is 10.2. The molecule has 1 unspecified atom stereocenters. The van der Waals surface area contributed by atoms with Crippen LogP contribution in [0.25, 0.3) is 0 Å². The number of nitrogens with one attached hydrogen (secondary N) is 1. The highest BCUT2D eigenvalue weighted by Crippen LogP contribution is 2.08. The summed E-state index contributed by atoms with van der Waals surface area (Å²) < 4.78 is 1.93. The average Bonchev–Trinajstić information content (AvgIpc) is 2.96. The second-order valence-electron chi connectivity index (χ2n) is 4.99. The number of aromatic nitrogens is 1. The van der Waals surface area contributed by atoms with Gasteiger partial charge in [0.25, 0.3) is 5.91 Å². The predicted molar refractivity (Wildman–Crippen MR) is 85.0 cm³/mol. The topological polar surface area (TPSA) is 34.0 Å². The Morgan fingerprint density at radius 2 is 2.05 bits per heavy atom. The van der Waals surface area contributed by atoms with Crippen molar-refractivity contribution >= 4 is 5.91 Å². The van der Waals surface area contributed by atoms with Crippen molar-refractivity contribution in [2.24, 2.45) is 0 Å². The third-order valence-electron chi connectivity index (χ3n) is 3.34. The van der Waals surface area contributed by atoms with Gasteiger partial charge in [0.1, 0.15) is 5.69 Å². The summed E-state index contributed by atoms with van der Waals surface area (Å²) in [6.45, 7) is 2.72. The third-order valence-corrected chi connectivity index (χ3v) is 3.34. The molecule has 0 spiro atoms. The molecule has 21 heavy (non-hydrogen) atoms. The van der Waals surface area contributed by atoms with Gasteiger partial charge in [-0.3, -0.25) is 4.79 Å². The summed E-state index contributed by atoms with van der Waals surface area (Å²) in [5, 5.41) is 2.90. The van der Waals surface area contributed by atoms with E-state index in [2.05, 4.69) is 18.2 Å². The van der Waals surface area contributed by atoms with E-state index in [1.807, 2.05) is 53.2 Å². The Balaban J connectivity index is 2.09. The van der Waals surface area contributed by atoms with E-state index < -0.39 is 0 Å². The third kappa shape index (κ3) is 4.00. The van der Waals surface area contributed by atoms with Crippen molar-refractivity contribution in [1.29, 1.82) is 0 Å². The molecule has 0 radical (unpaired) electrons. The molecule has 0 aliphatic heterocycles. The van der Waals surface area contributed by atoms with Crippen LogP contribution in [0.4, 0.5) is 0 Å². The average molecular weight is 280 g/mol. The standard InChI is InChI=1S/C18H20N2O/c1-3-9-16(4-2)19-18(21)17-12-8-13-20(17)14-15-10-6-5-7-11-15/h2,5-8,10-13,16H,3,9,14H2,1H3,(H,19,21). The van der Waals surface area contributed by atoms with Crippen molar-refractivity contribution in [2.75, 3.05) is 0 Å². The van der Waals surface area contributed by atoms with Crippen molar-refractivity contribution in [3.63, 3.8) is 0 Å². The fourth-order valence-electron chi connectivity index (χ4n) is 2.26. The smallest absolute Gasteiger partial charge is 0.268 e. The Morgan fingerprint density at radius 1 is 1.29 bits per heavy atom. The first-order valence-electron chi connectivity index (χ1n) is 7.20. The normalized spacial score (nSPS) is 11.6. The zero-order valence-electron chi connectivity index (χ0n) is 12.3. The molecule has 0 bridgehead atoms. The highest BCUT2D eigenvalue weighted by atomic mass is 16.2. The minimum absolute atomic E-state index is 0.118. The fraction of sp³-hybridized carbons (Fsp3) is 0.278. The van der Waals surface area contributed by atoms with Crippen molar-refractivity contribution in [3.05, 3.63) is 59.9 Å². The maximum Gasteiger partial charge on any atom is 0.268 e. The lowest BCUT2D eigenvalue weighted by Crippen LogP contribution is -2.34. The summed E-state index contributed by atoms with van der Waals surface area (Å²) in [5.41, 5.74) is 1.79. The first-order valence-corrected chi connectivity index (χ1v) is 7.20. The lowest BCUT2D eigenvalue weighted by molar-refractivity contribution is 0.0935. The van der Waals surface area contributed by atoms with Crippen LogP contribution in [0.3, 0.4) is 0 Å². The zero-order valence-corrected chi connectivity index (χ0v) is 12.3. The van der Waals surface area contributed by atoms with Gasteiger partial charge in [0.15, 0.2) is 0 Å². The molecule has 1 atom stereocenters. The molecule has 0 aliphatic carbocycles. The summed E-state index contributed by atoms with van der Waals surface area (Å²) >= 11 is 0. The van der Waals surface area contributed by atoms with Gasteiger partial charge >= 0.3 is 0 Å². The van der Waals surface area contributed by atoms with E-state index in [9.17, 15) is 4.79 Å². The van der Waals surface area contributed by atoms with Gasteiger partial charge in [-0.25, -0.2) is 0 Å². The van der Waals surface area contributed by atoms with E-state index in [4.69, 9.17) is 6.42 Å². The monoisotopic (exact) mass is 280 g/mol. The Morgan fingerprint density at radius 3 is 2.71 bits per heavy atom. The molecule has 0 fully saturated rings. The van der Waals surface area contributed by atoms with Crippen molar-refractivity contribution in [1.82, 2.24) is 9.88 Å². The molecule has 0 aliphatic rings. The quantitative estimate of drug-likeness (QED) is 0.811.